The fourth-order valence-electron chi connectivity index (χ4n) is 1.29. The summed E-state index contributed by atoms with van der Waals surface area (Å²) < 4.78 is 9.40. The van der Waals surface area contributed by atoms with Crippen LogP contribution in [-0.4, -0.2) is 44.2 Å². The normalized spacial score (nSPS) is 9.72. The summed E-state index contributed by atoms with van der Waals surface area (Å²) in [5, 5.41) is 0. The minimum absolute atomic E-state index is 0.0995. The van der Waals surface area contributed by atoms with Gasteiger partial charge < -0.3 is 14.4 Å². The molecule has 0 saturated heterocycles. The summed E-state index contributed by atoms with van der Waals surface area (Å²) in [6, 6.07) is 3.25. The first-order valence-corrected chi connectivity index (χ1v) is 5.49. The zero-order chi connectivity index (χ0) is 13.5. The number of pyridine rings is 1. The maximum absolute atomic E-state index is 11.4. The lowest BCUT2D eigenvalue weighted by Gasteiger charge is -2.16. The molecule has 18 heavy (non-hydrogen) atoms. The van der Waals surface area contributed by atoms with Gasteiger partial charge in [-0.05, 0) is 19.1 Å². The van der Waals surface area contributed by atoms with Crippen molar-refractivity contribution in [2.24, 2.45) is 0 Å². The Labute approximate surface area is 106 Å². The Balaban J connectivity index is 2.70. The van der Waals surface area contributed by atoms with Crippen molar-refractivity contribution in [3.05, 3.63) is 23.9 Å². The number of carbonyl (C=O) groups is 2. The number of carbonyl (C=O) groups excluding carboxylic acids is 2. The zero-order valence-electron chi connectivity index (χ0n) is 10.7. The first-order chi connectivity index (χ1) is 8.58. The zero-order valence-corrected chi connectivity index (χ0v) is 10.7. The van der Waals surface area contributed by atoms with Crippen LogP contribution < -0.4 is 4.90 Å². The second-order valence-electron chi connectivity index (χ2n) is 3.56. The molecule has 0 amide bonds. The van der Waals surface area contributed by atoms with E-state index in [4.69, 9.17) is 4.74 Å². The van der Waals surface area contributed by atoms with Crippen LogP contribution in [0.1, 0.15) is 17.3 Å². The Morgan fingerprint density at radius 1 is 1.39 bits per heavy atom. The molecule has 6 heteroatoms. The van der Waals surface area contributed by atoms with Crippen molar-refractivity contribution in [2.45, 2.75) is 6.92 Å². The maximum atomic E-state index is 11.4. The molecular weight excluding hydrogens is 236 g/mol. The third-order valence-corrected chi connectivity index (χ3v) is 2.24. The molecule has 0 bridgehead atoms. The van der Waals surface area contributed by atoms with Crippen molar-refractivity contribution >= 4 is 17.8 Å². The van der Waals surface area contributed by atoms with Crippen molar-refractivity contribution in [1.29, 1.82) is 0 Å². The fourth-order valence-corrected chi connectivity index (χ4v) is 1.29. The number of likely N-dealkylation sites (N-methyl/N-ethyl adjacent to an activating group) is 1. The summed E-state index contributed by atoms with van der Waals surface area (Å²) in [5.41, 5.74) is 0.382. The minimum atomic E-state index is -0.410. The van der Waals surface area contributed by atoms with Crippen LogP contribution in [0.4, 0.5) is 5.82 Å². The predicted molar refractivity (Wildman–Crippen MR) is 65.5 cm³/mol. The Morgan fingerprint density at radius 2 is 2.11 bits per heavy atom. The highest BCUT2D eigenvalue weighted by Gasteiger charge is 2.10. The van der Waals surface area contributed by atoms with Crippen LogP contribution in [0.25, 0.3) is 0 Å². The van der Waals surface area contributed by atoms with Crippen molar-refractivity contribution in [2.75, 3.05) is 32.2 Å². The van der Waals surface area contributed by atoms with Gasteiger partial charge in [0.05, 0.1) is 19.3 Å². The third-order valence-electron chi connectivity index (χ3n) is 2.24. The second kappa shape index (κ2) is 6.58. The monoisotopic (exact) mass is 252 g/mol. The molecule has 0 aliphatic carbocycles. The molecule has 0 saturated carbocycles. The SMILES string of the molecule is CCOC(=O)c1ccc(N(C)CC(=O)OC)nc1. The lowest BCUT2D eigenvalue weighted by atomic mass is 10.3. The van der Waals surface area contributed by atoms with E-state index in [1.165, 1.54) is 13.3 Å². The molecule has 0 unspecified atom stereocenters. The van der Waals surface area contributed by atoms with Crippen LogP contribution in [0.3, 0.4) is 0 Å². The van der Waals surface area contributed by atoms with Gasteiger partial charge in [0, 0.05) is 13.2 Å². The number of anilines is 1. The van der Waals surface area contributed by atoms with Gasteiger partial charge in [-0.25, -0.2) is 9.78 Å². The summed E-state index contributed by atoms with van der Waals surface area (Å²) in [5.74, 6) is -0.186. The standard InChI is InChI=1S/C12H16N2O4/c1-4-18-12(16)9-5-6-10(13-7-9)14(2)8-11(15)17-3/h5-7H,4,8H2,1-3H3. The van der Waals surface area contributed by atoms with E-state index in [0.29, 0.717) is 18.0 Å². The van der Waals surface area contributed by atoms with Crippen LogP contribution in [-0.2, 0) is 14.3 Å². The average molecular weight is 252 g/mol. The van der Waals surface area contributed by atoms with E-state index >= 15 is 0 Å². The maximum Gasteiger partial charge on any atom is 0.339 e. The van der Waals surface area contributed by atoms with E-state index in [-0.39, 0.29) is 12.5 Å². The Hall–Kier alpha value is -2.11. The van der Waals surface area contributed by atoms with Crippen molar-refractivity contribution < 1.29 is 19.1 Å². The summed E-state index contributed by atoms with van der Waals surface area (Å²) in [4.78, 5) is 28.2. The molecule has 1 heterocycles. The number of methoxy groups -OCH3 is 1. The number of aromatic nitrogens is 1. The summed E-state index contributed by atoms with van der Waals surface area (Å²) >= 11 is 0. The van der Waals surface area contributed by atoms with Crippen LogP contribution in [0, 0.1) is 0 Å². The van der Waals surface area contributed by atoms with Gasteiger partial charge in [0.25, 0.3) is 0 Å². The highest BCUT2D eigenvalue weighted by molar-refractivity contribution is 5.89. The fraction of sp³-hybridized carbons (Fsp3) is 0.417. The molecule has 0 N–H and O–H groups in total. The molecule has 1 aromatic heterocycles. The molecule has 0 aliphatic heterocycles. The van der Waals surface area contributed by atoms with Gasteiger partial charge in [-0.15, -0.1) is 0 Å². The van der Waals surface area contributed by atoms with E-state index in [2.05, 4.69) is 9.72 Å². The molecule has 0 radical (unpaired) electrons. The largest absolute Gasteiger partial charge is 0.468 e. The molecule has 6 nitrogen and oxygen atoms in total. The highest BCUT2D eigenvalue weighted by atomic mass is 16.5. The van der Waals surface area contributed by atoms with Crippen molar-refractivity contribution in [3.8, 4) is 0 Å². The van der Waals surface area contributed by atoms with E-state index in [1.807, 2.05) is 0 Å². The quantitative estimate of drug-likeness (QED) is 0.724. The molecule has 98 valence electrons. The smallest absolute Gasteiger partial charge is 0.339 e. The van der Waals surface area contributed by atoms with Gasteiger partial charge in [0.2, 0.25) is 0 Å². The van der Waals surface area contributed by atoms with E-state index in [0.717, 1.165) is 0 Å². The lowest BCUT2D eigenvalue weighted by molar-refractivity contribution is -0.138. The molecule has 1 aromatic rings. The van der Waals surface area contributed by atoms with Gasteiger partial charge in [0.1, 0.15) is 12.4 Å². The van der Waals surface area contributed by atoms with Crippen molar-refractivity contribution in [1.82, 2.24) is 4.98 Å². The Morgan fingerprint density at radius 3 is 2.61 bits per heavy atom. The number of hydrogen-bond donors (Lipinski definition) is 0. The van der Waals surface area contributed by atoms with Gasteiger partial charge in [-0.1, -0.05) is 0 Å². The van der Waals surface area contributed by atoms with Gasteiger partial charge >= 0.3 is 11.9 Å². The van der Waals surface area contributed by atoms with Crippen molar-refractivity contribution in [3.63, 3.8) is 0 Å². The van der Waals surface area contributed by atoms with E-state index in [9.17, 15) is 9.59 Å². The first kappa shape index (κ1) is 14.0. The van der Waals surface area contributed by atoms with Gasteiger partial charge in [-0.3, -0.25) is 4.79 Å². The first-order valence-electron chi connectivity index (χ1n) is 5.49. The van der Waals surface area contributed by atoms with Crippen LogP contribution in [0.15, 0.2) is 18.3 Å². The highest BCUT2D eigenvalue weighted by Crippen LogP contribution is 2.10. The summed E-state index contributed by atoms with van der Waals surface area (Å²) in [7, 11) is 3.04. The van der Waals surface area contributed by atoms with Crippen LogP contribution in [0.5, 0.6) is 0 Å². The molecule has 1 rings (SSSR count). The van der Waals surface area contributed by atoms with Gasteiger partial charge in [-0.2, -0.15) is 0 Å². The summed E-state index contributed by atoms with van der Waals surface area (Å²) in [6.07, 6.45) is 1.42. The van der Waals surface area contributed by atoms with E-state index < -0.39 is 5.97 Å². The van der Waals surface area contributed by atoms with Gasteiger partial charge in [0.15, 0.2) is 0 Å². The summed E-state index contributed by atoms with van der Waals surface area (Å²) in [6.45, 7) is 2.16. The van der Waals surface area contributed by atoms with Crippen LogP contribution in [0.2, 0.25) is 0 Å². The molecule has 0 aliphatic rings. The second-order valence-corrected chi connectivity index (χ2v) is 3.56. The molecule has 0 spiro atoms. The number of ether oxygens (including phenoxy) is 2. The molecular formula is C12H16N2O4. The molecule has 0 aromatic carbocycles. The van der Waals surface area contributed by atoms with E-state index in [1.54, 1.807) is 31.0 Å². The van der Waals surface area contributed by atoms with Crippen LogP contribution >= 0.6 is 0 Å². The number of hydrogen-bond acceptors (Lipinski definition) is 6. The molecule has 0 fully saturated rings. The predicted octanol–water partition coefficient (Wildman–Crippen LogP) is 0.867. The number of nitrogens with zero attached hydrogens (tertiary/aromatic N) is 2. The third kappa shape index (κ3) is 3.73. The lowest BCUT2D eigenvalue weighted by Crippen LogP contribution is -2.27. The Kier molecular flexibility index (Phi) is 5.10. The number of rotatable bonds is 5. The number of esters is 2. The average Bonchev–Trinajstić information content (AvgIpc) is 2.39. The molecule has 0 atom stereocenters. The minimum Gasteiger partial charge on any atom is -0.468 e. The Bertz CT molecular complexity index is 417. The topological polar surface area (TPSA) is 68.7 Å².